The second-order valence-corrected chi connectivity index (χ2v) is 8.21. The van der Waals surface area contributed by atoms with Gasteiger partial charge in [0.05, 0.1) is 14.8 Å². The van der Waals surface area contributed by atoms with Crippen molar-refractivity contribution < 1.29 is 32.5 Å². The Morgan fingerprint density at radius 1 is 1.00 bits per heavy atom. The van der Waals surface area contributed by atoms with E-state index in [4.69, 9.17) is 37.8 Å². The quantitative estimate of drug-likeness (QED) is 0.745. The number of hydrogen-bond acceptors (Lipinski definition) is 6. The maximum Gasteiger partial charge on any atom is 0.511 e. The first-order chi connectivity index (χ1) is 12.1. The average Bonchev–Trinajstić information content (AvgIpc) is 2.89. The van der Waals surface area contributed by atoms with Gasteiger partial charge in [0.1, 0.15) is 0 Å². The predicted molar refractivity (Wildman–Crippen MR) is 92.0 cm³/mol. The van der Waals surface area contributed by atoms with Crippen molar-refractivity contribution in [3.8, 4) is 11.5 Å². The summed E-state index contributed by atoms with van der Waals surface area (Å²) in [7, 11) is -3.98. The van der Waals surface area contributed by atoms with E-state index in [9.17, 15) is 13.2 Å². The van der Waals surface area contributed by atoms with Crippen molar-refractivity contribution in [3.05, 3.63) is 45.4 Å². The molecule has 1 N–H and O–H groups in total. The number of ether oxygens (including phenoxy) is 3. The van der Waals surface area contributed by atoms with E-state index in [1.54, 1.807) is 13.8 Å². The molecule has 0 fully saturated rings. The van der Waals surface area contributed by atoms with Gasteiger partial charge >= 0.3 is 12.6 Å². The zero-order valence-corrected chi connectivity index (χ0v) is 15.8. The van der Waals surface area contributed by atoms with Crippen LogP contribution >= 0.6 is 23.2 Å². The fourth-order valence-electron chi connectivity index (χ4n) is 2.43. The summed E-state index contributed by atoms with van der Waals surface area (Å²) in [6, 6.07) is 5.42. The molecule has 1 aliphatic heterocycles. The van der Waals surface area contributed by atoms with E-state index < -0.39 is 22.5 Å². The first-order valence-corrected chi connectivity index (χ1v) is 9.42. The smallest absolute Gasteiger partial charge is 0.450 e. The minimum Gasteiger partial charge on any atom is -0.450 e. The van der Waals surface area contributed by atoms with E-state index in [-0.39, 0.29) is 26.3 Å². The number of rotatable bonds is 3. The Labute approximate surface area is 158 Å². The van der Waals surface area contributed by atoms with Gasteiger partial charge in [-0.1, -0.05) is 23.2 Å². The van der Waals surface area contributed by atoms with Crippen LogP contribution in [-0.4, -0.2) is 26.2 Å². The number of carboxylic acid groups (broad SMARTS) is 1. The van der Waals surface area contributed by atoms with E-state index in [1.165, 1.54) is 24.3 Å². The van der Waals surface area contributed by atoms with Crippen molar-refractivity contribution in [1.82, 2.24) is 0 Å². The molecular weight excluding hydrogens is 407 g/mol. The molecule has 0 bridgehead atoms. The molecule has 0 saturated heterocycles. The van der Waals surface area contributed by atoms with E-state index in [0.717, 1.165) is 0 Å². The molecule has 26 heavy (non-hydrogen) atoms. The largest absolute Gasteiger partial charge is 0.511 e. The van der Waals surface area contributed by atoms with Crippen molar-refractivity contribution in [2.75, 3.05) is 0 Å². The minimum atomic E-state index is -3.98. The van der Waals surface area contributed by atoms with Crippen molar-refractivity contribution >= 4 is 39.2 Å². The summed E-state index contributed by atoms with van der Waals surface area (Å²) >= 11 is 12.1. The highest BCUT2D eigenvalue weighted by Gasteiger charge is 2.32. The summed E-state index contributed by atoms with van der Waals surface area (Å²) in [5, 5.41) is 8.96. The summed E-state index contributed by atoms with van der Waals surface area (Å²) in [5.74, 6) is 0.216. The van der Waals surface area contributed by atoms with Gasteiger partial charge in [0.15, 0.2) is 11.5 Å². The van der Waals surface area contributed by atoms with Crippen LogP contribution in [0.25, 0.3) is 0 Å². The zero-order chi connectivity index (χ0) is 19.2. The molecule has 0 aromatic heterocycles. The first-order valence-electron chi connectivity index (χ1n) is 7.18. The molecule has 0 amide bonds. The van der Waals surface area contributed by atoms with E-state index >= 15 is 0 Å². The van der Waals surface area contributed by atoms with Crippen molar-refractivity contribution in [1.29, 1.82) is 0 Å². The molecule has 0 aliphatic carbocycles. The predicted octanol–water partition coefficient (Wildman–Crippen LogP) is 4.19. The monoisotopic (exact) mass is 418 g/mol. The van der Waals surface area contributed by atoms with Gasteiger partial charge < -0.3 is 19.3 Å². The molecule has 0 saturated carbocycles. The number of benzene rings is 2. The fourth-order valence-corrected chi connectivity index (χ4v) is 4.75. The van der Waals surface area contributed by atoms with Gasteiger partial charge in [-0.15, -0.1) is 0 Å². The Morgan fingerprint density at radius 3 is 2.23 bits per heavy atom. The van der Waals surface area contributed by atoms with Gasteiger partial charge in [-0.2, -0.15) is 0 Å². The summed E-state index contributed by atoms with van der Waals surface area (Å²) in [6.45, 7) is 1.73. The van der Waals surface area contributed by atoms with Crippen molar-refractivity contribution in [2.24, 2.45) is 0 Å². The van der Waals surface area contributed by atoms with Crippen molar-refractivity contribution in [2.45, 2.75) is 30.1 Å². The van der Waals surface area contributed by atoms with Crippen LogP contribution in [0.2, 0.25) is 10.0 Å². The summed E-state index contributed by atoms with van der Waals surface area (Å²) in [5.41, 5.74) is 0.926. The lowest BCUT2D eigenvalue weighted by Gasteiger charge is -2.12. The highest BCUT2D eigenvalue weighted by Crippen LogP contribution is 2.41. The first kappa shape index (κ1) is 18.6. The topological polar surface area (TPSA) is 99.1 Å². The molecule has 138 valence electrons. The normalized spacial score (nSPS) is 15.8. The number of halogens is 2. The SMILES string of the molecule is Cc1cc(S(=O)(=O)c2cc3c(cc2C)OC(OC(=O)O)O3)c(Cl)cc1Cl. The Kier molecular flexibility index (Phi) is 4.68. The van der Waals surface area contributed by atoms with Crippen LogP contribution in [0.15, 0.2) is 34.1 Å². The lowest BCUT2D eigenvalue weighted by Crippen LogP contribution is -2.24. The molecule has 3 rings (SSSR count). The average molecular weight is 419 g/mol. The lowest BCUT2D eigenvalue weighted by atomic mass is 10.2. The highest BCUT2D eigenvalue weighted by atomic mass is 35.5. The third-order valence-corrected chi connectivity index (χ3v) is 6.44. The van der Waals surface area contributed by atoms with Crippen LogP contribution in [0.5, 0.6) is 11.5 Å². The molecule has 0 radical (unpaired) electrons. The van der Waals surface area contributed by atoms with Gasteiger partial charge in [0, 0.05) is 11.1 Å². The lowest BCUT2D eigenvalue weighted by molar-refractivity contribution is -0.147. The third-order valence-electron chi connectivity index (χ3n) is 3.68. The van der Waals surface area contributed by atoms with E-state index in [1.807, 2.05) is 0 Å². The van der Waals surface area contributed by atoms with Gasteiger partial charge in [-0.3, -0.25) is 0 Å². The molecule has 1 heterocycles. The molecule has 10 heteroatoms. The molecule has 0 spiro atoms. The number of hydrogen-bond donors (Lipinski definition) is 1. The Morgan fingerprint density at radius 2 is 1.62 bits per heavy atom. The molecule has 2 aromatic rings. The molecule has 2 aromatic carbocycles. The minimum absolute atomic E-state index is 0.00949. The van der Waals surface area contributed by atoms with Crippen LogP contribution in [-0.2, 0) is 14.6 Å². The van der Waals surface area contributed by atoms with Gasteiger partial charge in [-0.05, 0) is 43.2 Å². The number of aryl methyl sites for hydroxylation is 2. The fraction of sp³-hybridized carbons (Fsp3) is 0.188. The molecule has 1 unspecified atom stereocenters. The van der Waals surface area contributed by atoms with Gasteiger partial charge in [-0.25, -0.2) is 13.2 Å². The zero-order valence-electron chi connectivity index (χ0n) is 13.4. The number of carbonyl (C=O) groups is 1. The summed E-state index contributed by atoms with van der Waals surface area (Å²) in [4.78, 5) is 10.4. The Hall–Kier alpha value is -2.16. The standard InChI is InChI=1S/C16H12Cl2O7S/c1-7-4-14(10(18)5-9(7)17)26(21,22)13-6-12-11(3-8(13)2)23-16(24-12)25-15(19)20/h3-6,16H,1-2H3,(H,19,20). The van der Waals surface area contributed by atoms with Crippen LogP contribution in [0.3, 0.4) is 0 Å². The van der Waals surface area contributed by atoms with Gasteiger partial charge in [0.25, 0.3) is 0 Å². The maximum absolute atomic E-state index is 13.0. The summed E-state index contributed by atoms with van der Waals surface area (Å²) < 4.78 is 40.8. The molecule has 1 atom stereocenters. The second-order valence-electron chi connectivity index (χ2n) is 5.51. The number of fused-ring (bicyclic) bond motifs is 1. The van der Waals surface area contributed by atoms with E-state index in [2.05, 4.69) is 4.74 Å². The maximum atomic E-state index is 13.0. The van der Waals surface area contributed by atoms with Crippen LogP contribution in [0.1, 0.15) is 11.1 Å². The molecule has 7 nitrogen and oxygen atoms in total. The summed E-state index contributed by atoms with van der Waals surface area (Å²) in [6.07, 6.45) is -1.59. The van der Waals surface area contributed by atoms with Gasteiger partial charge in [0.2, 0.25) is 9.84 Å². The molecule has 1 aliphatic rings. The third kappa shape index (κ3) is 3.27. The van der Waals surface area contributed by atoms with Crippen molar-refractivity contribution in [3.63, 3.8) is 0 Å². The highest BCUT2D eigenvalue weighted by molar-refractivity contribution is 7.91. The Balaban J connectivity index is 2.06. The number of sulfone groups is 1. The Bertz CT molecular complexity index is 1020. The van der Waals surface area contributed by atoms with Crippen LogP contribution in [0, 0.1) is 13.8 Å². The van der Waals surface area contributed by atoms with E-state index in [0.29, 0.717) is 16.1 Å². The van der Waals surface area contributed by atoms with Crippen LogP contribution < -0.4 is 9.47 Å². The molecular formula is C16H12Cl2O7S. The van der Waals surface area contributed by atoms with Crippen LogP contribution in [0.4, 0.5) is 4.79 Å². The second kappa shape index (κ2) is 6.53.